The van der Waals surface area contributed by atoms with E-state index in [1.54, 1.807) is 6.07 Å². The van der Waals surface area contributed by atoms with Gasteiger partial charge in [0, 0.05) is 17.9 Å². The zero-order valence-corrected chi connectivity index (χ0v) is 12.8. The van der Waals surface area contributed by atoms with Crippen LogP contribution in [0.25, 0.3) is 0 Å². The van der Waals surface area contributed by atoms with Gasteiger partial charge in [-0.3, -0.25) is 0 Å². The molecule has 1 rings (SSSR count). The topological polar surface area (TPSA) is 78.6 Å². The van der Waals surface area contributed by atoms with Crippen LogP contribution >= 0.6 is 0 Å². The quantitative estimate of drug-likeness (QED) is 0.885. The maximum atomic E-state index is 11.7. The van der Waals surface area contributed by atoms with Gasteiger partial charge in [0.1, 0.15) is 16.4 Å². The highest BCUT2D eigenvalue weighted by molar-refractivity contribution is 7.90. The highest BCUT2D eigenvalue weighted by atomic mass is 32.2. The summed E-state index contributed by atoms with van der Waals surface area (Å²) in [5.41, 5.74) is 6.38. The Balaban J connectivity index is 3.44. The number of benzene rings is 1. The largest absolute Gasteiger partial charge is 0.496 e. The first kappa shape index (κ1) is 15.8. The van der Waals surface area contributed by atoms with Crippen LogP contribution in [0.5, 0.6) is 11.5 Å². The second kappa shape index (κ2) is 5.38. The van der Waals surface area contributed by atoms with Crippen LogP contribution in [0.1, 0.15) is 19.4 Å². The fourth-order valence-electron chi connectivity index (χ4n) is 1.85. The molecule has 0 saturated heterocycles. The zero-order chi connectivity index (χ0) is 14.8. The molecule has 0 heterocycles. The molecule has 0 aliphatic heterocycles. The minimum absolute atomic E-state index is 0.116. The maximum Gasteiger partial charge on any atom is 0.179 e. The second-order valence-electron chi connectivity index (χ2n) is 5.25. The van der Waals surface area contributed by atoms with Crippen molar-refractivity contribution in [2.75, 3.05) is 20.5 Å². The van der Waals surface area contributed by atoms with Gasteiger partial charge in [-0.1, -0.05) is 0 Å². The lowest BCUT2D eigenvalue weighted by molar-refractivity contribution is 0.384. The van der Waals surface area contributed by atoms with Crippen LogP contribution in [-0.2, 0) is 16.3 Å². The Morgan fingerprint density at radius 1 is 1.16 bits per heavy atom. The van der Waals surface area contributed by atoms with Crippen LogP contribution in [0.15, 0.2) is 17.0 Å². The van der Waals surface area contributed by atoms with Crippen LogP contribution in [0.4, 0.5) is 0 Å². The van der Waals surface area contributed by atoms with Gasteiger partial charge in [-0.15, -0.1) is 0 Å². The number of rotatable bonds is 5. The number of nitrogens with two attached hydrogens (primary N) is 1. The number of hydrogen-bond donors (Lipinski definition) is 1. The smallest absolute Gasteiger partial charge is 0.179 e. The molecule has 0 radical (unpaired) electrons. The van der Waals surface area contributed by atoms with Crippen LogP contribution in [0, 0.1) is 0 Å². The molecular weight excluding hydrogens is 266 g/mol. The Labute approximate surface area is 114 Å². The molecule has 0 spiro atoms. The molecule has 1 aromatic rings. The van der Waals surface area contributed by atoms with E-state index < -0.39 is 15.4 Å². The standard InChI is InChI=1S/C13H21NO4S/c1-13(2,14)8-9-6-11(18-4)12(19(5,15)16)7-10(9)17-3/h6-7H,8,14H2,1-5H3. The Bertz CT molecular complexity index is 559. The molecular formula is C13H21NO4S. The Kier molecular flexibility index (Phi) is 4.47. The SMILES string of the molecule is COc1cc(S(C)(=O)=O)c(OC)cc1CC(C)(C)N. The molecule has 0 unspecified atom stereocenters. The summed E-state index contributed by atoms with van der Waals surface area (Å²) >= 11 is 0. The minimum atomic E-state index is -3.37. The predicted molar refractivity (Wildman–Crippen MR) is 74.6 cm³/mol. The summed E-state index contributed by atoms with van der Waals surface area (Å²) in [6, 6.07) is 3.15. The van der Waals surface area contributed by atoms with Gasteiger partial charge >= 0.3 is 0 Å². The summed E-state index contributed by atoms with van der Waals surface area (Å²) in [6.07, 6.45) is 1.69. The molecule has 0 amide bonds. The summed E-state index contributed by atoms with van der Waals surface area (Å²) in [4.78, 5) is 0.116. The molecule has 2 N–H and O–H groups in total. The first-order valence-electron chi connectivity index (χ1n) is 5.82. The first-order valence-corrected chi connectivity index (χ1v) is 7.71. The zero-order valence-electron chi connectivity index (χ0n) is 12.0. The number of hydrogen-bond acceptors (Lipinski definition) is 5. The third-order valence-corrected chi connectivity index (χ3v) is 3.73. The summed E-state index contributed by atoms with van der Waals surface area (Å²) < 4.78 is 33.8. The summed E-state index contributed by atoms with van der Waals surface area (Å²) in [7, 11) is -0.436. The van der Waals surface area contributed by atoms with E-state index in [-0.39, 0.29) is 4.90 Å². The molecule has 5 nitrogen and oxygen atoms in total. The van der Waals surface area contributed by atoms with Crippen molar-refractivity contribution >= 4 is 9.84 Å². The highest BCUT2D eigenvalue weighted by Gasteiger charge is 2.21. The number of methoxy groups -OCH3 is 2. The van der Waals surface area contributed by atoms with Gasteiger partial charge in [-0.2, -0.15) is 0 Å². The van der Waals surface area contributed by atoms with Crippen molar-refractivity contribution in [3.8, 4) is 11.5 Å². The summed E-state index contributed by atoms with van der Waals surface area (Å²) in [5, 5.41) is 0. The minimum Gasteiger partial charge on any atom is -0.496 e. The van der Waals surface area contributed by atoms with Gasteiger partial charge in [-0.25, -0.2) is 8.42 Å². The van der Waals surface area contributed by atoms with E-state index >= 15 is 0 Å². The van der Waals surface area contributed by atoms with Crippen LogP contribution < -0.4 is 15.2 Å². The lowest BCUT2D eigenvalue weighted by Gasteiger charge is -2.21. The molecule has 108 valence electrons. The first-order chi connectivity index (χ1) is 8.58. The molecule has 0 bridgehead atoms. The van der Waals surface area contributed by atoms with E-state index in [9.17, 15) is 8.42 Å². The molecule has 0 atom stereocenters. The lowest BCUT2D eigenvalue weighted by atomic mass is 9.95. The van der Waals surface area contributed by atoms with Crippen molar-refractivity contribution in [1.29, 1.82) is 0 Å². The van der Waals surface area contributed by atoms with E-state index in [2.05, 4.69) is 0 Å². The highest BCUT2D eigenvalue weighted by Crippen LogP contribution is 2.33. The van der Waals surface area contributed by atoms with Crippen LogP contribution in [0.3, 0.4) is 0 Å². The molecule has 6 heteroatoms. The third-order valence-electron chi connectivity index (χ3n) is 2.61. The maximum absolute atomic E-state index is 11.7. The van der Waals surface area contributed by atoms with E-state index in [1.807, 2.05) is 13.8 Å². The van der Waals surface area contributed by atoms with E-state index in [4.69, 9.17) is 15.2 Å². The predicted octanol–water partition coefficient (Wildman–Crippen LogP) is 1.39. The molecule has 0 aliphatic rings. The van der Waals surface area contributed by atoms with E-state index in [0.29, 0.717) is 17.9 Å². The van der Waals surface area contributed by atoms with Gasteiger partial charge in [0.15, 0.2) is 9.84 Å². The lowest BCUT2D eigenvalue weighted by Crippen LogP contribution is -2.34. The number of ether oxygens (including phenoxy) is 2. The Morgan fingerprint density at radius 2 is 1.68 bits per heavy atom. The van der Waals surface area contributed by atoms with Crippen molar-refractivity contribution in [2.24, 2.45) is 5.73 Å². The van der Waals surface area contributed by atoms with Gasteiger partial charge in [0.25, 0.3) is 0 Å². The molecule has 0 aliphatic carbocycles. The Morgan fingerprint density at radius 3 is 2.05 bits per heavy atom. The third kappa shape index (κ3) is 4.11. The fraction of sp³-hybridized carbons (Fsp3) is 0.538. The average Bonchev–Trinajstić information content (AvgIpc) is 2.24. The summed E-state index contributed by atoms with van der Waals surface area (Å²) in [6.45, 7) is 3.78. The van der Waals surface area contributed by atoms with Gasteiger partial charge in [0.2, 0.25) is 0 Å². The van der Waals surface area contributed by atoms with Crippen molar-refractivity contribution < 1.29 is 17.9 Å². The van der Waals surface area contributed by atoms with Gasteiger partial charge in [-0.05, 0) is 31.9 Å². The van der Waals surface area contributed by atoms with Crippen LogP contribution in [-0.4, -0.2) is 34.4 Å². The molecule has 19 heavy (non-hydrogen) atoms. The molecule has 0 saturated carbocycles. The van der Waals surface area contributed by atoms with Gasteiger partial charge in [0.05, 0.1) is 14.2 Å². The van der Waals surface area contributed by atoms with Gasteiger partial charge < -0.3 is 15.2 Å². The fourth-order valence-corrected chi connectivity index (χ4v) is 2.68. The van der Waals surface area contributed by atoms with Crippen molar-refractivity contribution in [2.45, 2.75) is 30.7 Å². The molecule has 1 aromatic carbocycles. The van der Waals surface area contributed by atoms with E-state index in [1.165, 1.54) is 20.3 Å². The van der Waals surface area contributed by atoms with Crippen molar-refractivity contribution in [1.82, 2.24) is 0 Å². The van der Waals surface area contributed by atoms with Crippen molar-refractivity contribution in [3.63, 3.8) is 0 Å². The summed E-state index contributed by atoms with van der Waals surface area (Å²) in [5.74, 6) is 0.808. The van der Waals surface area contributed by atoms with E-state index in [0.717, 1.165) is 11.8 Å². The normalized spacial score (nSPS) is 12.3. The monoisotopic (exact) mass is 287 g/mol. The number of sulfone groups is 1. The Hall–Kier alpha value is -1.27. The average molecular weight is 287 g/mol. The second-order valence-corrected chi connectivity index (χ2v) is 7.24. The molecule has 0 aromatic heterocycles. The van der Waals surface area contributed by atoms with Crippen molar-refractivity contribution in [3.05, 3.63) is 17.7 Å². The molecule has 0 fully saturated rings. The van der Waals surface area contributed by atoms with Crippen LogP contribution in [0.2, 0.25) is 0 Å².